The zero-order chi connectivity index (χ0) is 16.1. The molecule has 23 heavy (non-hydrogen) atoms. The van der Waals surface area contributed by atoms with Gasteiger partial charge in [0, 0.05) is 28.6 Å². The molecule has 0 fully saturated rings. The molecule has 0 atom stereocenters. The summed E-state index contributed by atoms with van der Waals surface area (Å²) in [6.45, 7) is 0. The smallest absolute Gasteiger partial charge is 0.258 e. The molecule has 1 aromatic heterocycles. The van der Waals surface area contributed by atoms with E-state index in [1.165, 1.54) is 29.7 Å². The molecule has 0 spiro atoms. The van der Waals surface area contributed by atoms with Gasteiger partial charge in [0.05, 0.1) is 16.8 Å². The third kappa shape index (κ3) is 3.78. The Morgan fingerprint density at radius 2 is 2.00 bits per heavy atom. The summed E-state index contributed by atoms with van der Waals surface area (Å²) in [5.41, 5.74) is 5.44. The molecule has 0 aliphatic heterocycles. The maximum atomic E-state index is 10.7. The normalized spacial score (nSPS) is 10.8. The summed E-state index contributed by atoms with van der Waals surface area (Å²) in [5, 5.41) is 17.4. The van der Waals surface area contributed by atoms with Crippen molar-refractivity contribution < 1.29 is 4.92 Å². The van der Waals surface area contributed by atoms with Crippen LogP contribution in [0.2, 0.25) is 0 Å². The molecular formula is C16H12N4O2S. The molecule has 7 heteroatoms. The molecule has 0 bridgehead atoms. The minimum Gasteiger partial charge on any atom is -0.258 e. The molecule has 0 radical (unpaired) electrons. The fourth-order valence-corrected chi connectivity index (χ4v) is 2.62. The van der Waals surface area contributed by atoms with Crippen LogP contribution in [0.5, 0.6) is 0 Å². The Bertz CT molecular complexity index is 846. The van der Waals surface area contributed by atoms with Gasteiger partial charge in [-0.1, -0.05) is 42.5 Å². The van der Waals surface area contributed by atoms with Crippen LogP contribution in [-0.4, -0.2) is 16.1 Å². The van der Waals surface area contributed by atoms with Gasteiger partial charge >= 0.3 is 0 Å². The van der Waals surface area contributed by atoms with E-state index in [0.717, 1.165) is 11.3 Å². The van der Waals surface area contributed by atoms with Crippen LogP contribution < -0.4 is 5.43 Å². The highest BCUT2D eigenvalue weighted by atomic mass is 32.1. The van der Waals surface area contributed by atoms with Crippen molar-refractivity contribution in [2.45, 2.75) is 0 Å². The lowest BCUT2D eigenvalue weighted by Crippen LogP contribution is -1.92. The first-order valence-electron chi connectivity index (χ1n) is 6.77. The predicted molar refractivity (Wildman–Crippen MR) is 91.9 cm³/mol. The molecule has 3 aromatic rings. The maximum absolute atomic E-state index is 10.7. The van der Waals surface area contributed by atoms with Crippen molar-refractivity contribution in [2.75, 3.05) is 5.43 Å². The van der Waals surface area contributed by atoms with Gasteiger partial charge in [0.15, 0.2) is 0 Å². The average Bonchev–Trinajstić information content (AvgIpc) is 3.05. The molecule has 0 amide bonds. The molecule has 0 saturated carbocycles. The highest BCUT2D eigenvalue weighted by molar-refractivity contribution is 7.14. The van der Waals surface area contributed by atoms with Crippen LogP contribution in [-0.2, 0) is 0 Å². The summed E-state index contributed by atoms with van der Waals surface area (Å²) in [5.74, 6) is 0. The number of thiazole rings is 1. The second kappa shape index (κ2) is 6.80. The number of nitro groups is 1. The molecule has 0 saturated heterocycles. The summed E-state index contributed by atoms with van der Waals surface area (Å²) >= 11 is 1.44. The van der Waals surface area contributed by atoms with E-state index in [9.17, 15) is 10.1 Å². The van der Waals surface area contributed by atoms with Crippen molar-refractivity contribution in [1.29, 1.82) is 0 Å². The number of benzene rings is 2. The van der Waals surface area contributed by atoms with E-state index in [1.54, 1.807) is 12.1 Å². The van der Waals surface area contributed by atoms with Crippen molar-refractivity contribution in [3.05, 3.63) is 75.7 Å². The van der Waals surface area contributed by atoms with Crippen LogP contribution in [0.1, 0.15) is 5.56 Å². The summed E-state index contributed by atoms with van der Waals surface area (Å²) in [6.07, 6.45) is 1.52. The Morgan fingerprint density at radius 3 is 2.78 bits per heavy atom. The van der Waals surface area contributed by atoms with E-state index < -0.39 is 4.92 Å². The minimum atomic E-state index is -0.433. The van der Waals surface area contributed by atoms with Gasteiger partial charge in [-0.15, -0.1) is 11.3 Å². The molecule has 0 aliphatic rings. The van der Waals surface area contributed by atoms with E-state index in [4.69, 9.17) is 0 Å². The molecular weight excluding hydrogens is 312 g/mol. The van der Waals surface area contributed by atoms with E-state index >= 15 is 0 Å². The number of anilines is 1. The van der Waals surface area contributed by atoms with Crippen LogP contribution in [0.3, 0.4) is 0 Å². The van der Waals surface area contributed by atoms with Gasteiger partial charge in [-0.3, -0.25) is 15.5 Å². The number of aromatic nitrogens is 1. The van der Waals surface area contributed by atoms with Crippen molar-refractivity contribution in [1.82, 2.24) is 4.98 Å². The molecule has 114 valence electrons. The van der Waals surface area contributed by atoms with Gasteiger partial charge in [-0.25, -0.2) is 4.98 Å². The number of hydrogen-bond acceptors (Lipinski definition) is 6. The largest absolute Gasteiger partial charge is 0.270 e. The van der Waals surface area contributed by atoms with Crippen LogP contribution >= 0.6 is 11.3 Å². The van der Waals surface area contributed by atoms with Gasteiger partial charge in [-0.2, -0.15) is 5.10 Å². The Hall–Kier alpha value is -3.06. The lowest BCUT2D eigenvalue weighted by atomic mass is 10.2. The van der Waals surface area contributed by atoms with E-state index in [2.05, 4.69) is 15.5 Å². The van der Waals surface area contributed by atoms with Gasteiger partial charge in [0.1, 0.15) is 0 Å². The highest BCUT2D eigenvalue weighted by Gasteiger charge is 2.05. The third-order valence-electron chi connectivity index (χ3n) is 3.03. The molecule has 6 nitrogen and oxygen atoms in total. The van der Waals surface area contributed by atoms with Gasteiger partial charge in [-0.05, 0) is 0 Å². The van der Waals surface area contributed by atoms with Gasteiger partial charge in [0.25, 0.3) is 5.69 Å². The van der Waals surface area contributed by atoms with Gasteiger partial charge in [0.2, 0.25) is 5.13 Å². The number of nitro benzene ring substituents is 1. The van der Waals surface area contributed by atoms with Crippen LogP contribution in [0, 0.1) is 10.1 Å². The zero-order valence-electron chi connectivity index (χ0n) is 11.9. The van der Waals surface area contributed by atoms with Gasteiger partial charge < -0.3 is 0 Å². The number of rotatable bonds is 5. The highest BCUT2D eigenvalue weighted by Crippen LogP contribution is 2.24. The summed E-state index contributed by atoms with van der Waals surface area (Å²) < 4.78 is 0. The van der Waals surface area contributed by atoms with Crippen LogP contribution in [0.4, 0.5) is 10.8 Å². The lowest BCUT2D eigenvalue weighted by molar-refractivity contribution is -0.384. The molecule has 3 rings (SSSR count). The second-order valence-corrected chi connectivity index (χ2v) is 5.48. The fraction of sp³-hybridized carbons (Fsp3) is 0. The number of nitrogens with one attached hydrogen (secondary N) is 1. The number of non-ortho nitro benzene ring substituents is 1. The molecule has 1 heterocycles. The van der Waals surface area contributed by atoms with Crippen molar-refractivity contribution in [3.8, 4) is 11.3 Å². The first-order valence-corrected chi connectivity index (χ1v) is 7.65. The number of hydrogen-bond donors (Lipinski definition) is 1. The molecule has 0 aliphatic carbocycles. The van der Waals surface area contributed by atoms with Crippen LogP contribution in [0.15, 0.2) is 65.1 Å². The quantitative estimate of drug-likeness (QED) is 0.434. The Balaban J connectivity index is 1.68. The monoisotopic (exact) mass is 324 g/mol. The molecule has 0 unspecified atom stereocenters. The summed E-state index contributed by atoms with van der Waals surface area (Å²) in [7, 11) is 0. The number of hydrazone groups is 1. The Morgan fingerprint density at radius 1 is 1.17 bits per heavy atom. The summed E-state index contributed by atoms with van der Waals surface area (Å²) in [4.78, 5) is 14.7. The van der Waals surface area contributed by atoms with Crippen molar-refractivity contribution in [3.63, 3.8) is 0 Å². The zero-order valence-corrected chi connectivity index (χ0v) is 12.7. The number of nitrogens with zero attached hydrogens (tertiary/aromatic N) is 3. The minimum absolute atomic E-state index is 0.0366. The average molecular weight is 324 g/mol. The molecule has 2 aromatic carbocycles. The lowest BCUT2D eigenvalue weighted by Gasteiger charge is -1.96. The van der Waals surface area contributed by atoms with Crippen molar-refractivity contribution in [2.24, 2.45) is 5.10 Å². The molecule has 1 N–H and O–H groups in total. The Kier molecular flexibility index (Phi) is 4.39. The van der Waals surface area contributed by atoms with E-state index in [1.807, 2.05) is 35.7 Å². The van der Waals surface area contributed by atoms with E-state index in [-0.39, 0.29) is 5.69 Å². The fourth-order valence-electron chi connectivity index (χ4n) is 1.95. The standard InChI is InChI=1S/C16H12N4O2S/c21-20(22)14-8-4-5-12(9-14)10-17-19-16-18-15(11-23-16)13-6-2-1-3-7-13/h1-11H,(H,18,19). The van der Waals surface area contributed by atoms with Crippen LogP contribution in [0.25, 0.3) is 11.3 Å². The first kappa shape index (κ1) is 14.9. The predicted octanol–water partition coefficient (Wildman–Crippen LogP) is 4.16. The SMILES string of the molecule is O=[N+]([O-])c1cccc(C=NNc2nc(-c3ccccc3)cs2)c1. The van der Waals surface area contributed by atoms with Crippen molar-refractivity contribution >= 4 is 28.4 Å². The second-order valence-electron chi connectivity index (χ2n) is 4.63. The summed E-state index contributed by atoms with van der Waals surface area (Å²) in [6, 6.07) is 16.1. The Labute approximate surface area is 136 Å². The van der Waals surface area contributed by atoms with E-state index in [0.29, 0.717) is 10.7 Å². The first-order chi connectivity index (χ1) is 11.2. The topological polar surface area (TPSA) is 80.4 Å². The maximum Gasteiger partial charge on any atom is 0.270 e. The third-order valence-corrected chi connectivity index (χ3v) is 3.78.